The van der Waals surface area contributed by atoms with E-state index in [1.54, 1.807) is 0 Å². The van der Waals surface area contributed by atoms with E-state index in [4.69, 9.17) is 0 Å². The van der Waals surface area contributed by atoms with Crippen molar-refractivity contribution in [3.8, 4) is 0 Å². The summed E-state index contributed by atoms with van der Waals surface area (Å²) in [4.78, 5) is 38.1. The lowest BCUT2D eigenvalue weighted by Gasteiger charge is -2.20. The normalized spacial score (nSPS) is 17.3. The molecule has 27 heavy (non-hydrogen) atoms. The summed E-state index contributed by atoms with van der Waals surface area (Å²) in [5, 5.41) is 3.51. The molecule has 1 heterocycles. The molecule has 6 heteroatoms. The lowest BCUT2D eigenvalue weighted by Crippen LogP contribution is -2.41. The van der Waals surface area contributed by atoms with Crippen LogP contribution in [0, 0.1) is 5.41 Å². The summed E-state index contributed by atoms with van der Waals surface area (Å²) in [5.41, 5.74) is 0.717. The molecule has 1 aromatic rings. The third-order valence-electron chi connectivity index (χ3n) is 4.32. The van der Waals surface area contributed by atoms with E-state index in [1.165, 1.54) is 28.3 Å². The topological polar surface area (TPSA) is 66.5 Å². The molecule has 0 radical (unpaired) electrons. The standard InChI is InChI=1S/C21H28N2O3S/c1-15(10-11-16-8-6-5-7-9-16)22-18(25)13-23-19(26)14-27-20(23)12-17(24)21(2,3)4/h5-9,12,15H,10-11,13-14H2,1-4H3,(H,22,25)/b20-12-/t15-/m0/s1. The second-order valence-corrected chi connectivity index (χ2v) is 8.85. The molecule has 1 atom stereocenters. The molecule has 2 rings (SSSR count). The number of allylic oxidation sites excluding steroid dienone is 1. The summed E-state index contributed by atoms with van der Waals surface area (Å²) in [6.07, 6.45) is 3.19. The average molecular weight is 389 g/mol. The predicted molar refractivity (Wildman–Crippen MR) is 109 cm³/mol. The first-order valence-electron chi connectivity index (χ1n) is 9.19. The monoisotopic (exact) mass is 388 g/mol. The highest BCUT2D eigenvalue weighted by atomic mass is 32.2. The molecule has 1 fully saturated rings. The second-order valence-electron chi connectivity index (χ2n) is 7.86. The van der Waals surface area contributed by atoms with Crippen LogP contribution < -0.4 is 5.32 Å². The van der Waals surface area contributed by atoms with Gasteiger partial charge in [0, 0.05) is 17.5 Å². The van der Waals surface area contributed by atoms with Crippen LogP contribution >= 0.6 is 11.8 Å². The van der Waals surface area contributed by atoms with Gasteiger partial charge in [-0.3, -0.25) is 19.3 Å². The van der Waals surface area contributed by atoms with E-state index < -0.39 is 5.41 Å². The van der Waals surface area contributed by atoms with Crippen LogP contribution in [0.4, 0.5) is 0 Å². The molecular weight excluding hydrogens is 360 g/mol. The first-order chi connectivity index (χ1) is 12.7. The maximum atomic E-state index is 12.4. The number of aryl methyl sites for hydroxylation is 1. The molecule has 0 aliphatic carbocycles. The fraction of sp³-hybridized carbons (Fsp3) is 0.476. The molecule has 0 bridgehead atoms. The van der Waals surface area contributed by atoms with E-state index in [2.05, 4.69) is 17.4 Å². The van der Waals surface area contributed by atoms with Gasteiger partial charge in [-0.1, -0.05) is 62.9 Å². The zero-order chi connectivity index (χ0) is 20.0. The Hall–Kier alpha value is -2.08. The van der Waals surface area contributed by atoms with Crippen molar-refractivity contribution in [2.75, 3.05) is 12.3 Å². The van der Waals surface area contributed by atoms with E-state index >= 15 is 0 Å². The van der Waals surface area contributed by atoms with Crippen molar-refractivity contribution in [1.82, 2.24) is 10.2 Å². The Morgan fingerprint density at radius 1 is 1.26 bits per heavy atom. The van der Waals surface area contributed by atoms with Gasteiger partial charge in [0.1, 0.15) is 6.54 Å². The molecule has 1 saturated heterocycles. The van der Waals surface area contributed by atoms with Gasteiger partial charge in [0.25, 0.3) is 0 Å². The number of carbonyl (C=O) groups is 3. The fourth-order valence-corrected chi connectivity index (χ4v) is 3.53. The quantitative estimate of drug-likeness (QED) is 0.729. The summed E-state index contributed by atoms with van der Waals surface area (Å²) in [5.74, 6) is -0.137. The number of amides is 2. The molecule has 1 N–H and O–H groups in total. The summed E-state index contributed by atoms with van der Waals surface area (Å²) < 4.78 is 0. The number of carbonyl (C=O) groups excluding carboxylic acids is 3. The van der Waals surface area contributed by atoms with Crippen LogP contribution in [0.15, 0.2) is 41.4 Å². The lowest BCUT2D eigenvalue weighted by atomic mass is 9.91. The van der Waals surface area contributed by atoms with Gasteiger partial charge in [0.05, 0.1) is 10.8 Å². The molecule has 0 saturated carbocycles. The Labute approximate surface area is 165 Å². The van der Waals surface area contributed by atoms with Gasteiger partial charge < -0.3 is 5.32 Å². The van der Waals surface area contributed by atoms with Crippen LogP contribution in [0.3, 0.4) is 0 Å². The van der Waals surface area contributed by atoms with Crippen molar-refractivity contribution >= 4 is 29.4 Å². The van der Waals surface area contributed by atoms with Gasteiger partial charge in [-0.25, -0.2) is 0 Å². The third kappa shape index (κ3) is 6.54. The smallest absolute Gasteiger partial charge is 0.240 e. The van der Waals surface area contributed by atoms with Gasteiger partial charge >= 0.3 is 0 Å². The highest BCUT2D eigenvalue weighted by molar-refractivity contribution is 8.04. The Bertz CT molecular complexity index is 723. The van der Waals surface area contributed by atoms with Crippen molar-refractivity contribution in [2.24, 2.45) is 5.41 Å². The van der Waals surface area contributed by atoms with Crippen LogP contribution in [0.2, 0.25) is 0 Å². The highest BCUT2D eigenvalue weighted by Gasteiger charge is 2.31. The van der Waals surface area contributed by atoms with Crippen molar-refractivity contribution in [1.29, 1.82) is 0 Å². The molecule has 146 valence electrons. The van der Waals surface area contributed by atoms with Gasteiger partial charge in [0.15, 0.2) is 5.78 Å². The minimum Gasteiger partial charge on any atom is -0.352 e. The molecule has 0 unspecified atom stereocenters. The Morgan fingerprint density at radius 3 is 2.56 bits per heavy atom. The average Bonchev–Trinajstić information content (AvgIpc) is 2.93. The van der Waals surface area contributed by atoms with E-state index in [0.29, 0.717) is 5.03 Å². The zero-order valence-corrected chi connectivity index (χ0v) is 17.3. The van der Waals surface area contributed by atoms with Crippen LogP contribution in [0.5, 0.6) is 0 Å². The molecule has 1 aliphatic heterocycles. The van der Waals surface area contributed by atoms with E-state index in [1.807, 2.05) is 45.9 Å². The fourth-order valence-electron chi connectivity index (χ4n) is 2.59. The Kier molecular flexibility index (Phi) is 7.25. The number of hydrogen-bond donors (Lipinski definition) is 1. The molecular formula is C21H28N2O3S. The first kappa shape index (κ1) is 21.2. The van der Waals surface area contributed by atoms with Crippen LogP contribution in [0.25, 0.3) is 0 Å². The van der Waals surface area contributed by atoms with Crippen molar-refractivity contribution in [3.63, 3.8) is 0 Å². The maximum absolute atomic E-state index is 12.4. The summed E-state index contributed by atoms with van der Waals surface area (Å²) in [7, 11) is 0. The van der Waals surface area contributed by atoms with Crippen molar-refractivity contribution < 1.29 is 14.4 Å². The van der Waals surface area contributed by atoms with E-state index in [-0.39, 0.29) is 35.9 Å². The molecule has 1 aliphatic rings. The SMILES string of the molecule is C[C@@H](CCc1ccccc1)NC(=O)CN1C(=O)CS/C1=C\C(=O)C(C)(C)C. The molecule has 1 aromatic carbocycles. The van der Waals surface area contributed by atoms with Crippen LogP contribution in [-0.2, 0) is 20.8 Å². The van der Waals surface area contributed by atoms with Gasteiger partial charge in [0.2, 0.25) is 11.8 Å². The number of benzene rings is 1. The highest BCUT2D eigenvalue weighted by Crippen LogP contribution is 2.30. The number of ketones is 1. The van der Waals surface area contributed by atoms with Crippen LogP contribution in [0.1, 0.15) is 39.7 Å². The second kappa shape index (κ2) is 9.22. The Balaban J connectivity index is 1.89. The molecule has 0 spiro atoms. The van der Waals surface area contributed by atoms with Gasteiger partial charge in [-0.2, -0.15) is 0 Å². The van der Waals surface area contributed by atoms with Crippen molar-refractivity contribution in [3.05, 3.63) is 47.0 Å². The molecule has 5 nitrogen and oxygen atoms in total. The zero-order valence-electron chi connectivity index (χ0n) is 16.5. The number of hydrogen-bond acceptors (Lipinski definition) is 4. The summed E-state index contributed by atoms with van der Waals surface area (Å²) in [6.45, 7) is 7.41. The minimum absolute atomic E-state index is 0.00620. The molecule has 2 amide bonds. The maximum Gasteiger partial charge on any atom is 0.240 e. The number of nitrogens with one attached hydrogen (secondary N) is 1. The van der Waals surface area contributed by atoms with E-state index in [9.17, 15) is 14.4 Å². The number of rotatable bonds is 7. The van der Waals surface area contributed by atoms with Gasteiger partial charge in [-0.05, 0) is 25.3 Å². The Morgan fingerprint density at radius 2 is 1.93 bits per heavy atom. The summed E-state index contributed by atoms with van der Waals surface area (Å²) in [6, 6.07) is 10.1. The number of thioether (sulfide) groups is 1. The van der Waals surface area contributed by atoms with Crippen LogP contribution in [-0.4, -0.2) is 40.8 Å². The largest absolute Gasteiger partial charge is 0.352 e. The first-order valence-corrected chi connectivity index (χ1v) is 10.2. The molecule has 0 aromatic heterocycles. The minimum atomic E-state index is -0.515. The predicted octanol–water partition coefficient (Wildman–Crippen LogP) is 3.16. The van der Waals surface area contributed by atoms with Gasteiger partial charge in [-0.15, -0.1) is 0 Å². The summed E-state index contributed by atoms with van der Waals surface area (Å²) >= 11 is 1.31. The number of nitrogens with zero attached hydrogens (tertiary/aromatic N) is 1. The lowest BCUT2D eigenvalue weighted by molar-refractivity contribution is -0.131. The van der Waals surface area contributed by atoms with E-state index in [0.717, 1.165) is 12.8 Å². The third-order valence-corrected chi connectivity index (χ3v) is 5.35. The van der Waals surface area contributed by atoms with Crippen molar-refractivity contribution in [2.45, 2.75) is 46.6 Å².